The predicted molar refractivity (Wildman–Crippen MR) is 104 cm³/mol. The number of hydrogen-bond acceptors (Lipinski definition) is 4. The smallest absolute Gasteiger partial charge is 0.333 e. The molecule has 0 aromatic heterocycles. The Balaban J connectivity index is 2.10. The van der Waals surface area contributed by atoms with E-state index in [9.17, 15) is 5.11 Å². The Morgan fingerprint density at radius 2 is 1.75 bits per heavy atom. The molecule has 0 aliphatic carbocycles. The molecular formula is C19H25BNO2S. The van der Waals surface area contributed by atoms with E-state index in [0.29, 0.717) is 0 Å². The van der Waals surface area contributed by atoms with E-state index in [1.54, 1.807) is 21.3 Å². The van der Waals surface area contributed by atoms with E-state index in [-0.39, 0.29) is 0 Å². The molecule has 2 N–H and O–H groups in total. The molecule has 0 heterocycles. The first kappa shape index (κ1) is 18.9. The number of anilines is 1. The van der Waals surface area contributed by atoms with Gasteiger partial charge >= 0.3 is 7.48 Å². The molecule has 24 heavy (non-hydrogen) atoms. The summed E-state index contributed by atoms with van der Waals surface area (Å²) in [5.74, 6) is 0. The second-order valence-electron chi connectivity index (χ2n) is 6.92. The van der Waals surface area contributed by atoms with Crippen LogP contribution in [0.1, 0.15) is 33.3 Å². The maximum atomic E-state index is 10.2. The molecule has 0 saturated carbocycles. The summed E-state index contributed by atoms with van der Waals surface area (Å²) in [5.41, 5.74) is 1.39. The number of aliphatic hydroxyl groups is 1. The normalized spacial score (nSPS) is 12.1. The van der Waals surface area contributed by atoms with Crippen molar-refractivity contribution in [3.05, 3.63) is 54.1 Å². The Morgan fingerprint density at radius 1 is 1.08 bits per heavy atom. The molecule has 0 spiro atoms. The average Bonchev–Trinajstić information content (AvgIpc) is 2.52. The Bertz CT molecular complexity index is 669. The second-order valence-corrected chi connectivity index (χ2v) is 7.43. The lowest BCUT2D eigenvalue weighted by molar-refractivity contribution is -0.0893. The van der Waals surface area contributed by atoms with Crippen LogP contribution < -0.4 is 10.8 Å². The summed E-state index contributed by atoms with van der Waals surface area (Å²) in [6.45, 7) is 7.94. The van der Waals surface area contributed by atoms with Gasteiger partial charge < -0.3 is 15.1 Å². The average molecular weight is 342 g/mol. The Kier molecular flexibility index (Phi) is 6.02. The number of hydrogen-bond donors (Lipinski definition) is 3. The molecule has 2 aromatic rings. The summed E-state index contributed by atoms with van der Waals surface area (Å²) < 4.78 is 5.88. The van der Waals surface area contributed by atoms with Gasteiger partial charge in [0.25, 0.3) is 0 Å². The number of rotatable bonds is 7. The zero-order chi connectivity index (χ0) is 17.8. The zero-order valence-corrected chi connectivity index (χ0v) is 15.6. The van der Waals surface area contributed by atoms with Gasteiger partial charge in [0, 0.05) is 17.1 Å². The SMILES string of the molecule is CC(C)(O)C(C)(C)O[B]c1cc(S)ccc1NCc1ccccc1. The molecule has 0 unspecified atom stereocenters. The van der Waals surface area contributed by atoms with E-state index in [2.05, 4.69) is 30.1 Å². The first-order chi connectivity index (χ1) is 11.2. The highest BCUT2D eigenvalue weighted by Crippen LogP contribution is 2.24. The molecular weight excluding hydrogens is 317 g/mol. The van der Waals surface area contributed by atoms with E-state index >= 15 is 0 Å². The van der Waals surface area contributed by atoms with Gasteiger partial charge in [0.15, 0.2) is 0 Å². The fourth-order valence-electron chi connectivity index (χ4n) is 1.96. The highest BCUT2D eigenvalue weighted by atomic mass is 32.1. The first-order valence-corrected chi connectivity index (χ1v) is 8.48. The second kappa shape index (κ2) is 7.64. The molecule has 1 radical (unpaired) electrons. The van der Waals surface area contributed by atoms with E-state index in [1.165, 1.54) is 5.56 Å². The molecule has 0 fully saturated rings. The van der Waals surface area contributed by atoms with Crippen molar-refractivity contribution in [2.45, 2.75) is 50.3 Å². The fraction of sp³-hybridized carbons (Fsp3) is 0.368. The minimum absolute atomic E-state index is 0.712. The predicted octanol–water partition coefficient (Wildman–Crippen LogP) is 3.40. The van der Waals surface area contributed by atoms with Crippen LogP contribution in [0.25, 0.3) is 0 Å². The molecule has 2 aromatic carbocycles. The maximum Gasteiger partial charge on any atom is 0.333 e. The van der Waals surface area contributed by atoms with E-state index in [4.69, 9.17) is 4.65 Å². The maximum absolute atomic E-state index is 10.2. The Morgan fingerprint density at radius 3 is 2.38 bits per heavy atom. The van der Waals surface area contributed by atoms with Gasteiger partial charge in [0.05, 0.1) is 11.2 Å². The van der Waals surface area contributed by atoms with Gasteiger partial charge in [-0.05, 0) is 50.9 Å². The van der Waals surface area contributed by atoms with Crippen LogP contribution in [-0.4, -0.2) is 23.8 Å². The molecule has 0 bridgehead atoms. The number of nitrogens with one attached hydrogen (secondary N) is 1. The summed E-state index contributed by atoms with van der Waals surface area (Å²) in [6.07, 6.45) is 0. The minimum atomic E-state index is -0.959. The lowest BCUT2D eigenvalue weighted by Gasteiger charge is -2.37. The quantitative estimate of drug-likeness (QED) is 0.534. The lowest BCUT2D eigenvalue weighted by atomic mass is 9.81. The van der Waals surface area contributed by atoms with E-state index in [1.807, 2.05) is 50.2 Å². The van der Waals surface area contributed by atoms with Gasteiger partial charge in [0.2, 0.25) is 0 Å². The van der Waals surface area contributed by atoms with Crippen molar-refractivity contribution in [1.29, 1.82) is 0 Å². The third-order valence-corrected chi connectivity index (χ3v) is 4.59. The highest BCUT2D eigenvalue weighted by Gasteiger charge is 2.35. The molecule has 5 heteroatoms. The van der Waals surface area contributed by atoms with Crippen LogP contribution in [-0.2, 0) is 11.2 Å². The number of benzene rings is 2. The summed E-state index contributed by atoms with van der Waals surface area (Å²) in [5, 5.41) is 13.6. The molecule has 2 rings (SSSR count). The minimum Gasteiger partial charge on any atom is -0.427 e. The Labute approximate surface area is 151 Å². The Hall–Kier alpha value is -1.43. The zero-order valence-electron chi connectivity index (χ0n) is 14.7. The van der Waals surface area contributed by atoms with Crippen LogP contribution in [0.2, 0.25) is 0 Å². The van der Waals surface area contributed by atoms with Crippen LogP contribution in [0.5, 0.6) is 0 Å². The van der Waals surface area contributed by atoms with Crippen molar-refractivity contribution in [1.82, 2.24) is 0 Å². The van der Waals surface area contributed by atoms with Crippen LogP contribution in [0.15, 0.2) is 53.4 Å². The molecule has 0 aliphatic heterocycles. The molecule has 0 atom stereocenters. The number of thiol groups is 1. The van der Waals surface area contributed by atoms with Gasteiger partial charge in [-0.2, -0.15) is 0 Å². The molecule has 0 saturated heterocycles. The summed E-state index contributed by atoms with van der Waals surface area (Å²) in [4.78, 5) is 0.858. The van der Waals surface area contributed by atoms with Crippen LogP contribution in [0.3, 0.4) is 0 Å². The summed E-state index contributed by atoms with van der Waals surface area (Å²) >= 11 is 4.41. The largest absolute Gasteiger partial charge is 0.427 e. The van der Waals surface area contributed by atoms with Crippen LogP contribution in [0, 0.1) is 0 Å². The third kappa shape index (κ3) is 5.03. The molecule has 0 aliphatic rings. The van der Waals surface area contributed by atoms with Crippen molar-refractivity contribution in [3.63, 3.8) is 0 Å². The third-order valence-electron chi connectivity index (χ3n) is 4.31. The monoisotopic (exact) mass is 342 g/mol. The standard InChI is InChI=1S/C19H25BNO2S/c1-18(2,22)19(3,4)23-20-16-12-15(24)10-11-17(16)21-13-14-8-6-5-7-9-14/h5-12,21-22,24H,13H2,1-4H3. The van der Waals surface area contributed by atoms with Crippen molar-refractivity contribution < 1.29 is 9.76 Å². The van der Waals surface area contributed by atoms with E-state index < -0.39 is 11.2 Å². The fourth-order valence-corrected chi connectivity index (χ4v) is 2.17. The van der Waals surface area contributed by atoms with Gasteiger partial charge in [-0.15, -0.1) is 12.6 Å². The van der Waals surface area contributed by atoms with Crippen LogP contribution in [0.4, 0.5) is 5.69 Å². The highest BCUT2D eigenvalue weighted by molar-refractivity contribution is 7.80. The topological polar surface area (TPSA) is 41.5 Å². The van der Waals surface area contributed by atoms with Gasteiger partial charge in [-0.3, -0.25) is 0 Å². The van der Waals surface area contributed by atoms with Crippen molar-refractivity contribution in [3.8, 4) is 0 Å². The van der Waals surface area contributed by atoms with E-state index in [0.717, 1.165) is 22.6 Å². The molecule has 127 valence electrons. The van der Waals surface area contributed by atoms with Crippen molar-refractivity contribution in [2.75, 3.05) is 5.32 Å². The van der Waals surface area contributed by atoms with Crippen molar-refractivity contribution >= 4 is 31.3 Å². The molecule has 3 nitrogen and oxygen atoms in total. The first-order valence-electron chi connectivity index (χ1n) is 8.03. The molecule has 0 amide bonds. The van der Waals surface area contributed by atoms with Crippen LogP contribution >= 0.6 is 12.6 Å². The summed E-state index contributed by atoms with van der Waals surface area (Å²) in [7, 11) is 1.69. The summed E-state index contributed by atoms with van der Waals surface area (Å²) in [6, 6.07) is 16.1. The van der Waals surface area contributed by atoms with Gasteiger partial charge in [-0.25, -0.2) is 0 Å². The van der Waals surface area contributed by atoms with Gasteiger partial charge in [0.1, 0.15) is 0 Å². The lowest BCUT2D eigenvalue weighted by Crippen LogP contribution is -2.49. The van der Waals surface area contributed by atoms with Crippen molar-refractivity contribution in [2.24, 2.45) is 0 Å². The van der Waals surface area contributed by atoms with Gasteiger partial charge in [-0.1, -0.05) is 36.4 Å².